The van der Waals surface area contributed by atoms with Gasteiger partial charge in [-0.25, -0.2) is 4.79 Å². The van der Waals surface area contributed by atoms with E-state index >= 15 is 0 Å². The first-order valence-electron chi connectivity index (χ1n) is 5.97. The van der Waals surface area contributed by atoms with E-state index in [-0.39, 0.29) is 50.6 Å². The number of nitrogens with zero attached hydrogens (tertiary/aromatic N) is 1. The summed E-state index contributed by atoms with van der Waals surface area (Å²) in [6, 6.07) is 1.33. The fourth-order valence-corrected chi connectivity index (χ4v) is 2.24. The minimum absolute atomic E-state index is 0. The Morgan fingerprint density at radius 1 is 1.39 bits per heavy atom. The van der Waals surface area contributed by atoms with Crippen LogP contribution in [0, 0.1) is 12.3 Å². The predicted molar refractivity (Wildman–Crippen MR) is 63.6 cm³/mol. The van der Waals surface area contributed by atoms with Crippen molar-refractivity contribution in [2.45, 2.75) is 39.0 Å². The van der Waals surface area contributed by atoms with Crippen molar-refractivity contribution in [1.82, 2.24) is 9.55 Å². The van der Waals surface area contributed by atoms with E-state index in [1.54, 1.807) is 0 Å². The molecule has 18 heavy (non-hydrogen) atoms. The minimum Gasteiger partial charge on any atom is -0.389 e. The molecule has 1 aromatic rings. The molecule has 1 saturated heterocycles. The summed E-state index contributed by atoms with van der Waals surface area (Å²) in [7, 11) is 0. The van der Waals surface area contributed by atoms with Gasteiger partial charge in [-0.3, -0.25) is 16.2 Å². The maximum atomic E-state index is 11.6. The summed E-state index contributed by atoms with van der Waals surface area (Å²) in [5.41, 5.74) is -0.811. The van der Waals surface area contributed by atoms with E-state index in [9.17, 15) is 9.59 Å². The van der Waals surface area contributed by atoms with Crippen LogP contribution < -0.4 is 11.2 Å². The molecule has 1 fully saturated rings. The van der Waals surface area contributed by atoms with Gasteiger partial charge in [0.05, 0.1) is 0 Å². The van der Waals surface area contributed by atoms with Gasteiger partial charge in [0.25, 0.3) is 5.56 Å². The van der Waals surface area contributed by atoms with E-state index in [0.29, 0.717) is 5.92 Å². The van der Waals surface area contributed by atoms with Crippen molar-refractivity contribution in [2.75, 3.05) is 0 Å². The third kappa shape index (κ3) is 3.19. The Labute approximate surface area is 131 Å². The number of H-pyrrole nitrogens is 1. The average molecular weight is 326 g/mol. The van der Waals surface area contributed by atoms with Crippen LogP contribution in [0.25, 0.3) is 0 Å². The first kappa shape index (κ1) is 15.8. The Bertz CT molecular complexity index is 485. The van der Waals surface area contributed by atoms with Gasteiger partial charge >= 0.3 is 5.69 Å². The SMILES string of the molecule is CC[C@@H]1[CH-][C@H](n2ccc(=O)[nH]c2=O)O[C@@H]1CC.[Y]. The molecule has 0 bridgehead atoms. The van der Waals surface area contributed by atoms with Gasteiger partial charge in [0.1, 0.15) is 0 Å². The molecule has 6 heteroatoms. The third-order valence-electron chi connectivity index (χ3n) is 3.20. The van der Waals surface area contributed by atoms with Crippen molar-refractivity contribution in [2.24, 2.45) is 5.92 Å². The molecule has 0 saturated carbocycles. The Morgan fingerprint density at radius 3 is 2.61 bits per heavy atom. The van der Waals surface area contributed by atoms with Crippen molar-refractivity contribution in [1.29, 1.82) is 0 Å². The predicted octanol–water partition coefficient (Wildman–Crippen LogP) is 1.07. The molecule has 1 aliphatic rings. The van der Waals surface area contributed by atoms with E-state index in [1.165, 1.54) is 16.8 Å². The second-order valence-corrected chi connectivity index (χ2v) is 4.26. The van der Waals surface area contributed by atoms with Crippen LogP contribution in [0.5, 0.6) is 0 Å². The summed E-state index contributed by atoms with van der Waals surface area (Å²) in [5, 5.41) is 0. The summed E-state index contributed by atoms with van der Waals surface area (Å²) < 4.78 is 7.22. The van der Waals surface area contributed by atoms with Crippen LogP contribution in [0.1, 0.15) is 32.9 Å². The van der Waals surface area contributed by atoms with Crippen LogP contribution >= 0.6 is 0 Å². The smallest absolute Gasteiger partial charge is 0.328 e. The van der Waals surface area contributed by atoms with Crippen molar-refractivity contribution < 1.29 is 37.4 Å². The Balaban J connectivity index is 0.00000162. The van der Waals surface area contributed by atoms with Crippen molar-refractivity contribution in [3.8, 4) is 0 Å². The van der Waals surface area contributed by atoms with Crippen molar-refractivity contribution in [3.05, 3.63) is 39.5 Å². The Hall–Kier alpha value is -0.256. The molecule has 0 unspecified atom stereocenters. The summed E-state index contributed by atoms with van der Waals surface area (Å²) in [4.78, 5) is 24.8. The van der Waals surface area contributed by atoms with Gasteiger partial charge in [0.2, 0.25) is 0 Å². The number of rotatable bonds is 3. The molecule has 0 amide bonds. The molecule has 1 radical (unpaired) electrons. The molecule has 0 aromatic carbocycles. The van der Waals surface area contributed by atoms with Crippen molar-refractivity contribution >= 4 is 0 Å². The summed E-state index contributed by atoms with van der Waals surface area (Å²) >= 11 is 0. The zero-order valence-electron chi connectivity index (χ0n) is 10.6. The molecule has 5 nitrogen and oxygen atoms in total. The molecule has 2 heterocycles. The minimum atomic E-state index is -0.426. The monoisotopic (exact) mass is 326 g/mol. The maximum absolute atomic E-state index is 11.6. The second kappa shape index (κ2) is 6.78. The summed E-state index contributed by atoms with van der Waals surface area (Å²) in [6.45, 7) is 4.17. The molecular weight excluding hydrogens is 309 g/mol. The van der Waals surface area contributed by atoms with Crippen molar-refractivity contribution in [3.63, 3.8) is 0 Å². The first-order valence-corrected chi connectivity index (χ1v) is 5.97. The fraction of sp³-hybridized carbons (Fsp3) is 0.583. The van der Waals surface area contributed by atoms with Gasteiger partial charge in [-0.2, -0.15) is 0 Å². The van der Waals surface area contributed by atoms with Crippen LogP contribution in [-0.2, 0) is 37.4 Å². The summed E-state index contributed by atoms with van der Waals surface area (Å²) in [6.07, 6.45) is 5.22. The molecule has 0 aliphatic carbocycles. The largest absolute Gasteiger partial charge is 0.389 e. The van der Waals surface area contributed by atoms with Gasteiger partial charge in [-0.1, -0.05) is 20.3 Å². The zero-order chi connectivity index (χ0) is 12.4. The standard InChI is InChI=1S/C12H17N2O3.Y/c1-3-8-7-11(17-9(8)4-2)14-6-5-10(15)13-12(14)16;/h5-9,11H,3-4H2,1-2H3,(H,13,15,16);/q-1;/t8-,9-,11-;/m1./s1. The zero-order valence-corrected chi connectivity index (χ0v) is 13.5. The number of nitrogens with one attached hydrogen (secondary N) is 1. The molecule has 97 valence electrons. The number of aromatic amines is 1. The van der Waals surface area contributed by atoms with Crippen LogP contribution in [-0.4, -0.2) is 15.7 Å². The second-order valence-electron chi connectivity index (χ2n) is 4.26. The van der Waals surface area contributed by atoms with Crippen LogP contribution in [0.3, 0.4) is 0 Å². The number of hydrogen-bond acceptors (Lipinski definition) is 3. The van der Waals surface area contributed by atoms with E-state index in [4.69, 9.17) is 4.74 Å². The quantitative estimate of drug-likeness (QED) is 0.845. The Morgan fingerprint density at radius 2 is 2.11 bits per heavy atom. The molecule has 1 N–H and O–H groups in total. The molecule has 1 aromatic heterocycles. The maximum Gasteiger partial charge on any atom is 0.328 e. The molecule has 2 rings (SSSR count). The molecule has 1 aliphatic heterocycles. The molecule has 0 spiro atoms. The van der Waals surface area contributed by atoms with Gasteiger partial charge in [-0.15, -0.1) is 5.92 Å². The van der Waals surface area contributed by atoms with Gasteiger partial charge in [0, 0.05) is 57.3 Å². The van der Waals surface area contributed by atoms with Crippen LogP contribution in [0.2, 0.25) is 0 Å². The topological polar surface area (TPSA) is 64.1 Å². The van der Waals surface area contributed by atoms with E-state index < -0.39 is 5.69 Å². The molecular formula is C12H17N2O3Y-. The van der Waals surface area contributed by atoms with Gasteiger partial charge in [0.15, 0.2) is 0 Å². The van der Waals surface area contributed by atoms with Gasteiger partial charge < -0.3 is 9.30 Å². The number of aromatic nitrogens is 2. The molecule has 3 atom stereocenters. The van der Waals surface area contributed by atoms with E-state index in [0.717, 1.165) is 12.8 Å². The van der Waals surface area contributed by atoms with E-state index in [1.807, 2.05) is 6.42 Å². The van der Waals surface area contributed by atoms with E-state index in [2.05, 4.69) is 18.8 Å². The van der Waals surface area contributed by atoms with Crippen LogP contribution in [0.15, 0.2) is 21.9 Å². The van der Waals surface area contributed by atoms with Gasteiger partial charge in [-0.05, 0) is 6.42 Å². The third-order valence-corrected chi connectivity index (χ3v) is 3.20. The first-order chi connectivity index (χ1) is 8.15. The fourth-order valence-electron chi connectivity index (χ4n) is 2.24. The number of ether oxygens (including phenoxy) is 1. The Kier molecular flexibility index (Phi) is 5.95. The van der Waals surface area contributed by atoms with Crippen LogP contribution in [0.4, 0.5) is 0 Å². The number of hydrogen-bond donors (Lipinski definition) is 1. The normalized spacial score (nSPS) is 26.9. The average Bonchev–Trinajstić information content (AvgIpc) is 2.72. The summed E-state index contributed by atoms with van der Waals surface area (Å²) in [5.74, 6) is 0.365.